The van der Waals surface area contributed by atoms with Gasteiger partial charge in [-0.3, -0.25) is 9.59 Å². The van der Waals surface area contributed by atoms with Crippen molar-refractivity contribution in [3.8, 4) is 11.3 Å². The van der Waals surface area contributed by atoms with E-state index >= 15 is 0 Å². The molecular formula is C19H20N2O2. The second-order valence-electron chi connectivity index (χ2n) is 5.75. The fourth-order valence-electron chi connectivity index (χ4n) is 2.93. The zero-order valence-corrected chi connectivity index (χ0v) is 13.2. The molecule has 0 fully saturated rings. The lowest BCUT2D eigenvalue weighted by atomic mass is 10.1. The number of amides is 1. The summed E-state index contributed by atoms with van der Waals surface area (Å²) >= 11 is 0. The van der Waals surface area contributed by atoms with Gasteiger partial charge in [0.1, 0.15) is 0 Å². The molecule has 4 nitrogen and oxygen atoms in total. The Hall–Kier alpha value is -2.62. The van der Waals surface area contributed by atoms with Gasteiger partial charge in [0.2, 0.25) is 5.56 Å². The Bertz CT molecular complexity index is 774. The second kappa shape index (κ2) is 6.65. The molecule has 0 saturated heterocycles. The maximum Gasteiger partial charge on any atom is 0.254 e. The van der Waals surface area contributed by atoms with E-state index in [1.807, 2.05) is 35.2 Å². The predicted octanol–water partition coefficient (Wildman–Crippen LogP) is 3.22. The van der Waals surface area contributed by atoms with Gasteiger partial charge in [-0.05, 0) is 30.2 Å². The number of benzene rings is 1. The number of carbonyl (C=O) groups excluding carboxylic acids is 1. The third-order valence-electron chi connectivity index (χ3n) is 4.12. The smallest absolute Gasteiger partial charge is 0.254 e. The molecule has 2 heterocycles. The number of aromatic nitrogens is 1. The number of H-pyrrole nitrogens is 1. The summed E-state index contributed by atoms with van der Waals surface area (Å²) < 4.78 is 0. The summed E-state index contributed by atoms with van der Waals surface area (Å²) in [6.45, 7) is 2.81. The molecule has 118 valence electrons. The highest BCUT2D eigenvalue weighted by Gasteiger charge is 2.24. The number of hydrogen-bond donors (Lipinski definition) is 1. The lowest BCUT2D eigenvalue weighted by Gasteiger charge is -2.24. The fraction of sp³-hybridized carbons (Fsp3) is 0.263. The average molecular weight is 308 g/mol. The molecule has 2 aromatic rings. The monoisotopic (exact) mass is 308 g/mol. The molecule has 1 aliphatic rings. The van der Waals surface area contributed by atoms with E-state index in [-0.39, 0.29) is 17.5 Å². The topological polar surface area (TPSA) is 53.2 Å². The first kappa shape index (κ1) is 15.3. The molecule has 0 radical (unpaired) electrons. The van der Waals surface area contributed by atoms with Crippen molar-refractivity contribution in [1.82, 2.24) is 9.88 Å². The van der Waals surface area contributed by atoms with Crippen LogP contribution in [0.1, 0.15) is 30.1 Å². The van der Waals surface area contributed by atoms with E-state index in [1.54, 1.807) is 6.07 Å². The summed E-state index contributed by atoms with van der Waals surface area (Å²) in [6.07, 6.45) is 6.22. The zero-order chi connectivity index (χ0) is 16.2. The molecular weight excluding hydrogens is 288 g/mol. The minimum absolute atomic E-state index is 0.0570. The maximum absolute atomic E-state index is 12.7. The molecule has 1 aromatic carbocycles. The lowest BCUT2D eigenvalue weighted by Crippen LogP contribution is -2.35. The number of nitrogens with zero attached hydrogens (tertiary/aromatic N) is 1. The van der Waals surface area contributed by atoms with Crippen molar-refractivity contribution < 1.29 is 4.79 Å². The van der Waals surface area contributed by atoms with Crippen LogP contribution in [0.4, 0.5) is 0 Å². The second-order valence-corrected chi connectivity index (χ2v) is 5.75. The Labute approximate surface area is 135 Å². The van der Waals surface area contributed by atoms with Crippen molar-refractivity contribution in [2.45, 2.75) is 25.8 Å². The third-order valence-corrected chi connectivity index (χ3v) is 4.12. The molecule has 1 amide bonds. The number of rotatable bonds is 4. The van der Waals surface area contributed by atoms with Crippen LogP contribution in [0.3, 0.4) is 0 Å². The molecule has 4 heteroatoms. The number of carbonyl (C=O) groups is 1. The quantitative estimate of drug-likeness (QED) is 0.882. The largest absolute Gasteiger partial charge is 0.328 e. The van der Waals surface area contributed by atoms with E-state index < -0.39 is 0 Å². The van der Waals surface area contributed by atoms with Crippen molar-refractivity contribution in [1.29, 1.82) is 0 Å². The maximum atomic E-state index is 12.7. The summed E-state index contributed by atoms with van der Waals surface area (Å²) in [4.78, 5) is 28.7. The van der Waals surface area contributed by atoms with Crippen LogP contribution in [-0.4, -0.2) is 28.4 Å². The van der Waals surface area contributed by atoms with Gasteiger partial charge in [-0.25, -0.2) is 0 Å². The number of aromatic amines is 1. The van der Waals surface area contributed by atoms with E-state index in [4.69, 9.17) is 0 Å². The highest BCUT2D eigenvalue weighted by Crippen LogP contribution is 2.21. The molecule has 1 N–H and O–H groups in total. The summed E-state index contributed by atoms with van der Waals surface area (Å²) in [5.41, 5.74) is 2.19. The van der Waals surface area contributed by atoms with Gasteiger partial charge < -0.3 is 9.88 Å². The highest BCUT2D eigenvalue weighted by atomic mass is 16.2. The molecule has 0 bridgehead atoms. The molecule has 0 unspecified atom stereocenters. The van der Waals surface area contributed by atoms with Gasteiger partial charge in [-0.15, -0.1) is 0 Å². The molecule has 3 rings (SSSR count). The van der Waals surface area contributed by atoms with E-state index in [2.05, 4.69) is 24.1 Å². The van der Waals surface area contributed by atoms with E-state index in [1.165, 1.54) is 6.07 Å². The standard InChI is InChI=1S/C19H20N2O2/c1-2-5-16-6-4-13-21(16)19(23)15-11-9-14(10-12-15)17-7-3-8-18(22)20-17/h3-4,6-12,16H,2,5,13H2,1H3,(H,20,22)/t16-/m1/s1. The Kier molecular flexibility index (Phi) is 4.42. The minimum Gasteiger partial charge on any atom is -0.328 e. The van der Waals surface area contributed by atoms with Crippen molar-refractivity contribution in [3.63, 3.8) is 0 Å². The van der Waals surface area contributed by atoms with Crippen LogP contribution < -0.4 is 5.56 Å². The lowest BCUT2D eigenvalue weighted by molar-refractivity contribution is 0.0744. The number of nitrogens with one attached hydrogen (secondary N) is 1. The molecule has 1 aliphatic heterocycles. The summed E-state index contributed by atoms with van der Waals surface area (Å²) in [7, 11) is 0. The van der Waals surface area contributed by atoms with Crippen molar-refractivity contribution >= 4 is 5.91 Å². The van der Waals surface area contributed by atoms with Crippen LogP contribution in [0.25, 0.3) is 11.3 Å². The van der Waals surface area contributed by atoms with Crippen LogP contribution >= 0.6 is 0 Å². The van der Waals surface area contributed by atoms with Crippen LogP contribution in [0.5, 0.6) is 0 Å². The number of hydrogen-bond acceptors (Lipinski definition) is 2. The van der Waals surface area contributed by atoms with Gasteiger partial charge in [-0.1, -0.05) is 43.7 Å². The first-order chi connectivity index (χ1) is 11.2. The zero-order valence-electron chi connectivity index (χ0n) is 13.2. The van der Waals surface area contributed by atoms with Gasteiger partial charge in [0.25, 0.3) is 5.91 Å². The molecule has 0 aliphatic carbocycles. The predicted molar refractivity (Wildman–Crippen MR) is 91.4 cm³/mol. The Balaban J connectivity index is 1.79. The SMILES string of the molecule is CCC[C@@H]1C=CCN1C(=O)c1ccc(-c2cccc(=O)[nH]2)cc1. The van der Waals surface area contributed by atoms with Crippen LogP contribution in [0.15, 0.2) is 59.4 Å². The van der Waals surface area contributed by atoms with Crippen LogP contribution in [0, 0.1) is 0 Å². The average Bonchev–Trinajstić information content (AvgIpc) is 3.03. The third kappa shape index (κ3) is 3.26. The molecule has 0 saturated carbocycles. The Morgan fingerprint density at radius 2 is 2.00 bits per heavy atom. The Morgan fingerprint density at radius 3 is 2.70 bits per heavy atom. The minimum atomic E-state index is -0.131. The molecule has 1 aromatic heterocycles. The van der Waals surface area contributed by atoms with Gasteiger partial charge in [0.15, 0.2) is 0 Å². The van der Waals surface area contributed by atoms with Crippen LogP contribution in [0.2, 0.25) is 0 Å². The normalized spacial score (nSPS) is 16.7. The molecule has 1 atom stereocenters. The van der Waals surface area contributed by atoms with Crippen molar-refractivity contribution in [2.75, 3.05) is 6.54 Å². The Morgan fingerprint density at radius 1 is 1.22 bits per heavy atom. The first-order valence-electron chi connectivity index (χ1n) is 7.96. The van der Waals surface area contributed by atoms with Crippen molar-refractivity contribution in [3.05, 3.63) is 70.5 Å². The van der Waals surface area contributed by atoms with Gasteiger partial charge in [0, 0.05) is 23.9 Å². The van der Waals surface area contributed by atoms with E-state index in [9.17, 15) is 9.59 Å². The van der Waals surface area contributed by atoms with Gasteiger partial charge in [-0.2, -0.15) is 0 Å². The van der Waals surface area contributed by atoms with Gasteiger partial charge in [0.05, 0.1) is 6.04 Å². The van der Waals surface area contributed by atoms with E-state index in [0.29, 0.717) is 12.1 Å². The van der Waals surface area contributed by atoms with Gasteiger partial charge >= 0.3 is 0 Å². The summed E-state index contributed by atoms with van der Waals surface area (Å²) in [5, 5.41) is 0. The summed E-state index contributed by atoms with van der Waals surface area (Å²) in [5.74, 6) is 0.0570. The summed E-state index contributed by atoms with van der Waals surface area (Å²) in [6, 6.07) is 12.6. The molecule has 0 spiro atoms. The number of pyridine rings is 1. The van der Waals surface area contributed by atoms with E-state index in [0.717, 1.165) is 24.1 Å². The molecule has 23 heavy (non-hydrogen) atoms. The van der Waals surface area contributed by atoms with Crippen LogP contribution in [-0.2, 0) is 0 Å². The first-order valence-corrected chi connectivity index (χ1v) is 7.96. The fourth-order valence-corrected chi connectivity index (χ4v) is 2.93. The highest BCUT2D eigenvalue weighted by molar-refractivity contribution is 5.95. The van der Waals surface area contributed by atoms with Crippen molar-refractivity contribution in [2.24, 2.45) is 0 Å².